The van der Waals surface area contributed by atoms with Gasteiger partial charge in [-0.05, 0) is 84.9 Å². The molecule has 0 aliphatic heterocycles. The minimum Gasteiger partial charge on any atom is -0.478 e. The number of benzene rings is 5. The van der Waals surface area contributed by atoms with Crippen LogP contribution in [0.2, 0.25) is 0 Å². The van der Waals surface area contributed by atoms with E-state index in [1.165, 1.54) is 48.5 Å². The number of carbonyl (C=O) groups excluding carboxylic acids is 2. The molecule has 0 saturated carbocycles. The van der Waals surface area contributed by atoms with Crippen molar-refractivity contribution in [3.8, 4) is 23.0 Å². The highest BCUT2D eigenvalue weighted by molar-refractivity contribution is 6.07. The highest BCUT2D eigenvalue weighted by atomic mass is 16.5. The molecule has 0 saturated heterocycles. The zero-order chi connectivity index (χ0) is 35.9. The Balaban J connectivity index is 1.21. The van der Waals surface area contributed by atoms with E-state index in [0.29, 0.717) is 11.4 Å². The molecule has 0 radical (unpaired) electrons. The summed E-state index contributed by atoms with van der Waals surface area (Å²) in [6.07, 6.45) is 0. The summed E-state index contributed by atoms with van der Waals surface area (Å²) in [4.78, 5) is 71.4. The monoisotopic (exact) mass is 676 g/mol. The Hall–Kier alpha value is -7.48. The molecule has 0 fully saturated rings. The molecule has 14 heteroatoms. The molecule has 0 aromatic heterocycles. The number of rotatable bonds is 12. The Morgan fingerprint density at radius 1 is 0.400 bits per heavy atom. The number of aromatic carboxylic acids is 4. The molecule has 14 nitrogen and oxygen atoms in total. The zero-order valence-electron chi connectivity index (χ0n) is 25.4. The van der Waals surface area contributed by atoms with Gasteiger partial charge in [0.25, 0.3) is 11.8 Å². The van der Waals surface area contributed by atoms with E-state index >= 15 is 0 Å². The molecule has 0 spiro atoms. The normalized spacial score (nSPS) is 10.4. The number of carboxylic acids is 4. The number of amides is 2. The van der Waals surface area contributed by atoms with Crippen molar-refractivity contribution in [1.29, 1.82) is 0 Å². The van der Waals surface area contributed by atoms with Gasteiger partial charge in [0.2, 0.25) is 0 Å². The van der Waals surface area contributed by atoms with Crippen LogP contribution in [0.1, 0.15) is 62.1 Å². The lowest BCUT2D eigenvalue weighted by Crippen LogP contribution is -2.14. The predicted molar refractivity (Wildman–Crippen MR) is 176 cm³/mol. The van der Waals surface area contributed by atoms with Crippen LogP contribution in [0.25, 0.3) is 0 Å². The molecular formula is C36H24N2O12. The molecule has 0 unspecified atom stereocenters. The minimum absolute atomic E-state index is 0.0746. The maximum atomic E-state index is 12.9. The third kappa shape index (κ3) is 8.08. The molecule has 50 heavy (non-hydrogen) atoms. The number of nitrogens with one attached hydrogen (secondary N) is 2. The van der Waals surface area contributed by atoms with Gasteiger partial charge in [0.15, 0.2) is 0 Å². The van der Waals surface area contributed by atoms with Crippen LogP contribution < -0.4 is 20.1 Å². The smallest absolute Gasteiger partial charge is 0.336 e. The fourth-order valence-electron chi connectivity index (χ4n) is 4.63. The van der Waals surface area contributed by atoms with Gasteiger partial charge in [-0.25, -0.2) is 19.2 Å². The van der Waals surface area contributed by atoms with Gasteiger partial charge in [0.1, 0.15) is 23.0 Å². The molecule has 0 atom stereocenters. The standard InChI is InChI=1S/C36H24N2O12/c39-31(37-21-3-1-5-23(15-21)49-25-11-13-27(33(41)42)29(17-25)35(45)46)19-7-9-20(10-8-19)32(40)38-22-4-2-6-24(16-22)50-26-12-14-28(34(43)44)30(18-26)36(47)48/h1-18H,(H,37,39)(H,38,40)(H,41,42)(H,43,44)(H,45,46)(H,47,48). The quantitative estimate of drug-likeness (QED) is 0.0825. The Bertz CT molecular complexity index is 2020. The van der Waals surface area contributed by atoms with Crippen molar-refractivity contribution < 1.29 is 58.7 Å². The van der Waals surface area contributed by atoms with Crippen molar-refractivity contribution in [2.24, 2.45) is 0 Å². The maximum Gasteiger partial charge on any atom is 0.336 e. The molecule has 0 bridgehead atoms. The van der Waals surface area contributed by atoms with E-state index in [9.17, 15) is 49.2 Å². The summed E-state index contributed by atoms with van der Waals surface area (Å²) in [6.45, 7) is 0. The van der Waals surface area contributed by atoms with Crippen molar-refractivity contribution in [3.05, 3.63) is 143 Å². The molecule has 0 aliphatic rings. The zero-order valence-corrected chi connectivity index (χ0v) is 25.4. The van der Waals surface area contributed by atoms with Crippen molar-refractivity contribution in [2.75, 3.05) is 10.6 Å². The third-order valence-electron chi connectivity index (χ3n) is 6.97. The van der Waals surface area contributed by atoms with Crippen molar-refractivity contribution >= 4 is 47.1 Å². The second kappa shape index (κ2) is 14.5. The first-order valence-corrected chi connectivity index (χ1v) is 14.4. The molecule has 0 heterocycles. The number of anilines is 2. The summed E-state index contributed by atoms with van der Waals surface area (Å²) >= 11 is 0. The summed E-state index contributed by atoms with van der Waals surface area (Å²) < 4.78 is 11.4. The average molecular weight is 677 g/mol. The van der Waals surface area contributed by atoms with Crippen LogP contribution in [0.4, 0.5) is 11.4 Å². The molecule has 250 valence electrons. The van der Waals surface area contributed by atoms with E-state index in [1.54, 1.807) is 36.4 Å². The van der Waals surface area contributed by atoms with E-state index < -0.39 is 57.9 Å². The summed E-state index contributed by atoms with van der Waals surface area (Å²) in [5, 5.41) is 42.5. The summed E-state index contributed by atoms with van der Waals surface area (Å²) in [6, 6.07) is 25.3. The van der Waals surface area contributed by atoms with Gasteiger partial charge in [-0.3, -0.25) is 9.59 Å². The van der Waals surface area contributed by atoms with Gasteiger partial charge in [0.05, 0.1) is 22.3 Å². The number of ether oxygens (including phenoxy) is 2. The topological polar surface area (TPSA) is 226 Å². The maximum absolute atomic E-state index is 12.9. The van der Waals surface area contributed by atoms with Crippen LogP contribution in [0.5, 0.6) is 23.0 Å². The van der Waals surface area contributed by atoms with Crippen molar-refractivity contribution in [1.82, 2.24) is 0 Å². The largest absolute Gasteiger partial charge is 0.478 e. The minimum atomic E-state index is -1.43. The Kier molecular flexibility index (Phi) is 9.84. The van der Waals surface area contributed by atoms with Crippen molar-refractivity contribution in [3.63, 3.8) is 0 Å². The first-order chi connectivity index (χ1) is 23.9. The molecule has 2 amide bonds. The van der Waals surface area contributed by atoms with Gasteiger partial charge < -0.3 is 40.5 Å². The molecular weight excluding hydrogens is 652 g/mol. The number of carbonyl (C=O) groups is 6. The van der Waals surface area contributed by atoms with Crippen molar-refractivity contribution in [2.45, 2.75) is 0 Å². The highest BCUT2D eigenvalue weighted by Crippen LogP contribution is 2.28. The highest BCUT2D eigenvalue weighted by Gasteiger charge is 2.19. The fraction of sp³-hybridized carbons (Fsp3) is 0. The Morgan fingerprint density at radius 2 is 0.740 bits per heavy atom. The van der Waals surface area contributed by atoms with E-state index in [-0.39, 0.29) is 34.1 Å². The fourth-order valence-corrected chi connectivity index (χ4v) is 4.63. The van der Waals surface area contributed by atoms with Gasteiger partial charge in [-0.15, -0.1) is 0 Å². The number of hydrogen-bond acceptors (Lipinski definition) is 8. The van der Waals surface area contributed by atoms with E-state index in [2.05, 4.69) is 10.6 Å². The van der Waals surface area contributed by atoms with Gasteiger partial charge in [-0.1, -0.05) is 12.1 Å². The van der Waals surface area contributed by atoms with Gasteiger partial charge in [-0.2, -0.15) is 0 Å². The third-order valence-corrected chi connectivity index (χ3v) is 6.97. The van der Waals surface area contributed by atoms with Crippen LogP contribution in [-0.4, -0.2) is 56.1 Å². The predicted octanol–water partition coefficient (Wildman–Crippen LogP) is 6.57. The summed E-state index contributed by atoms with van der Waals surface area (Å²) in [7, 11) is 0. The molecule has 0 aliphatic carbocycles. The van der Waals surface area contributed by atoms with E-state index in [0.717, 1.165) is 24.3 Å². The lowest BCUT2D eigenvalue weighted by molar-refractivity contribution is 0.0651. The van der Waals surface area contributed by atoms with Gasteiger partial charge in [0, 0.05) is 34.6 Å². The lowest BCUT2D eigenvalue weighted by Gasteiger charge is -2.11. The van der Waals surface area contributed by atoms with Crippen LogP contribution >= 0.6 is 0 Å². The molecule has 5 rings (SSSR count). The lowest BCUT2D eigenvalue weighted by atomic mass is 10.1. The van der Waals surface area contributed by atoms with Crippen LogP contribution in [-0.2, 0) is 0 Å². The van der Waals surface area contributed by atoms with E-state index in [4.69, 9.17) is 9.47 Å². The Labute approximate surface area is 281 Å². The van der Waals surface area contributed by atoms with Crippen LogP contribution in [0.3, 0.4) is 0 Å². The first-order valence-electron chi connectivity index (χ1n) is 14.4. The van der Waals surface area contributed by atoms with E-state index in [1.807, 2.05) is 0 Å². The molecule has 5 aromatic rings. The molecule has 5 aromatic carbocycles. The molecule has 6 N–H and O–H groups in total. The van der Waals surface area contributed by atoms with Crippen LogP contribution in [0, 0.1) is 0 Å². The SMILES string of the molecule is O=C(Nc1cccc(Oc2ccc(C(=O)O)c(C(=O)O)c2)c1)c1ccc(C(=O)Nc2cccc(Oc3ccc(C(=O)O)c(C(=O)O)c3)c2)cc1. The average Bonchev–Trinajstić information content (AvgIpc) is 3.08. The van der Waals surface area contributed by atoms with Gasteiger partial charge >= 0.3 is 23.9 Å². The second-order valence-corrected chi connectivity index (χ2v) is 10.4. The first kappa shape index (κ1) is 33.9. The number of carboxylic acid groups (broad SMARTS) is 4. The number of hydrogen-bond donors (Lipinski definition) is 6. The Morgan fingerprint density at radius 3 is 1.08 bits per heavy atom. The second-order valence-electron chi connectivity index (χ2n) is 10.4. The van der Waals surface area contributed by atoms with Crippen LogP contribution in [0.15, 0.2) is 109 Å². The summed E-state index contributed by atoms with van der Waals surface area (Å²) in [5.41, 5.74) is -0.533. The summed E-state index contributed by atoms with van der Waals surface area (Å²) in [5.74, 6) is -6.02.